The van der Waals surface area contributed by atoms with E-state index in [9.17, 15) is 9.59 Å². The Balaban J connectivity index is 3.61. The Morgan fingerprint density at radius 1 is 1.29 bits per heavy atom. The van der Waals surface area contributed by atoms with Gasteiger partial charge in [0.25, 0.3) is 0 Å². The van der Waals surface area contributed by atoms with E-state index >= 15 is 0 Å². The van der Waals surface area contributed by atoms with Gasteiger partial charge in [-0.05, 0) is 33.0 Å². The van der Waals surface area contributed by atoms with Crippen LogP contribution in [0.4, 0.5) is 4.79 Å². The van der Waals surface area contributed by atoms with Crippen LogP contribution in [0.5, 0.6) is 0 Å². The van der Waals surface area contributed by atoms with Crippen molar-refractivity contribution in [2.45, 2.75) is 33.2 Å². The topological polar surface area (TPSA) is 81.7 Å². The number of hydrogen-bond donors (Lipinski definition) is 3. The third-order valence-corrected chi connectivity index (χ3v) is 2.55. The van der Waals surface area contributed by atoms with Gasteiger partial charge in [0.1, 0.15) is 6.04 Å². The van der Waals surface area contributed by atoms with Crippen LogP contribution in [-0.2, 0) is 4.79 Å². The molecule has 0 saturated carbocycles. The lowest BCUT2D eigenvalue weighted by molar-refractivity contribution is -0.138. The molecule has 6 nitrogen and oxygen atoms in total. The standard InChI is InChI=1S/C11H23N3O3/c1-4-14(5-2)8-6-7-12-11(17)13-9(3)10(15)16/h9H,4-8H2,1-3H3,(H,15,16)(H2,12,13,17). The number of amides is 2. The van der Waals surface area contributed by atoms with Crippen molar-refractivity contribution in [3.63, 3.8) is 0 Å². The minimum atomic E-state index is -1.04. The van der Waals surface area contributed by atoms with Gasteiger partial charge in [0, 0.05) is 6.54 Å². The fraction of sp³-hybridized carbons (Fsp3) is 0.818. The highest BCUT2D eigenvalue weighted by Gasteiger charge is 2.12. The Kier molecular flexibility index (Phi) is 8.13. The minimum Gasteiger partial charge on any atom is -0.480 e. The first kappa shape index (κ1) is 15.7. The summed E-state index contributed by atoms with van der Waals surface area (Å²) in [5, 5.41) is 13.6. The van der Waals surface area contributed by atoms with Crippen molar-refractivity contribution in [1.29, 1.82) is 0 Å². The first-order valence-electron chi connectivity index (χ1n) is 6.00. The number of carboxylic acid groups (broad SMARTS) is 1. The fourth-order valence-corrected chi connectivity index (χ4v) is 1.35. The number of carbonyl (C=O) groups excluding carboxylic acids is 1. The van der Waals surface area contributed by atoms with E-state index in [1.54, 1.807) is 0 Å². The third-order valence-electron chi connectivity index (χ3n) is 2.55. The highest BCUT2D eigenvalue weighted by molar-refractivity contribution is 5.82. The molecule has 0 aromatic heterocycles. The first-order chi connectivity index (χ1) is 8.01. The molecule has 3 N–H and O–H groups in total. The van der Waals surface area contributed by atoms with Crippen molar-refractivity contribution in [1.82, 2.24) is 15.5 Å². The van der Waals surface area contributed by atoms with Gasteiger partial charge in [-0.3, -0.25) is 4.79 Å². The molecule has 0 aromatic carbocycles. The van der Waals surface area contributed by atoms with Crippen LogP contribution >= 0.6 is 0 Å². The Morgan fingerprint density at radius 2 is 1.88 bits per heavy atom. The van der Waals surface area contributed by atoms with E-state index in [0.29, 0.717) is 6.54 Å². The van der Waals surface area contributed by atoms with Crippen LogP contribution in [0.2, 0.25) is 0 Å². The summed E-state index contributed by atoms with van der Waals surface area (Å²) in [5.41, 5.74) is 0. The molecule has 0 radical (unpaired) electrons. The Hall–Kier alpha value is -1.30. The fourth-order valence-electron chi connectivity index (χ4n) is 1.35. The summed E-state index contributed by atoms with van der Waals surface area (Å²) in [6.07, 6.45) is 0.858. The predicted octanol–water partition coefficient (Wildman–Crippen LogP) is 0.491. The SMILES string of the molecule is CCN(CC)CCCNC(=O)NC(C)C(=O)O. The number of carboxylic acids is 1. The number of nitrogens with one attached hydrogen (secondary N) is 2. The maximum Gasteiger partial charge on any atom is 0.325 e. The number of nitrogens with zero attached hydrogens (tertiary/aromatic N) is 1. The van der Waals surface area contributed by atoms with Crippen molar-refractivity contribution >= 4 is 12.0 Å². The number of carbonyl (C=O) groups is 2. The molecular formula is C11H23N3O3. The van der Waals surface area contributed by atoms with E-state index in [2.05, 4.69) is 29.4 Å². The molecule has 0 spiro atoms. The summed E-state index contributed by atoms with van der Waals surface area (Å²) in [4.78, 5) is 24.0. The van der Waals surface area contributed by atoms with Crippen molar-refractivity contribution in [2.24, 2.45) is 0 Å². The summed E-state index contributed by atoms with van der Waals surface area (Å²) in [7, 11) is 0. The Morgan fingerprint density at radius 3 is 2.35 bits per heavy atom. The molecule has 0 heterocycles. The molecule has 0 aliphatic carbocycles. The van der Waals surface area contributed by atoms with E-state index in [0.717, 1.165) is 26.1 Å². The number of hydrogen-bond acceptors (Lipinski definition) is 3. The summed E-state index contributed by atoms with van der Waals surface area (Å²) in [5.74, 6) is -1.04. The normalized spacial score (nSPS) is 12.2. The zero-order valence-electron chi connectivity index (χ0n) is 10.8. The predicted molar refractivity (Wildman–Crippen MR) is 66.0 cm³/mol. The molecule has 17 heavy (non-hydrogen) atoms. The summed E-state index contributed by atoms with van der Waals surface area (Å²) in [6.45, 7) is 9.10. The van der Waals surface area contributed by atoms with Crippen LogP contribution in [0.1, 0.15) is 27.2 Å². The Bertz CT molecular complexity index is 242. The molecular weight excluding hydrogens is 222 g/mol. The molecule has 0 bridgehead atoms. The number of aliphatic carboxylic acids is 1. The molecule has 0 aliphatic rings. The highest BCUT2D eigenvalue weighted by Crippen LogP contribution is 1.89. The minimum absolute atomic E-state index is 0.431. The summed E-state index contributed by atoms with van der Waals surface area (Å²) < 4.78 is 0. The second-order valence-electron chi connectivity index (χ2n) is 3.84. The largest absolute Gasteiger partial charge is 0.480 e. The van der Waals surface area contributed by atoms with Gasteiger partial charge in [0.15, 0.2) is 0 Å². The van der Waals surface area contributed by atoms with Gasteiger partial charge in [-0.1, -0.05) is 13.8 Å². The second kappa shape index (κ2) is 8.81. The molecule has 1 atom stereocenters. The van der Waals surface area contributed by atoms with Crippen molar-refractivity contribution in [3.8, 4) is 0 Å². The Labute approximate surface area is 102 Å². The summed E-state index contributed by atoms with van der Waals surface area (Å²) in [6, 6.07) is -1.29. The molecule has 1 unspecified atom stereocenters. The van der Waals surface area contributed by atoms with Gasteiger partial charge in [-0.2, -0.15) is 0 Å². The average Bonchev–Trinajstić information content (AvgIpc) is 2.29. The van der Waals surface area contributed by atoms with Crippen LogP contribution in [0.25, 0.3) is 0 Å². The van der Waals surface area contributed by atoms with Gasteiger partial charge >= 0.3 is 12.0 Å². The maximum atomic E-state index is 11.2. The number of urea groups is 1. The second-order valence-corrected chi connectivity index (χ2v) is 3.84. The highest BCUT2D eigenvalue weighted by atomic mass is 16.4. The van der Waals surface area contributed by atoms with Gasteiger partial charge in [-0.25, -0.2) is 4.79 Å². The van der Waals surface area contributed by atoms with Crippen molar-refractivity contribution in [2.75, 3.05) is 26.2 Å². The quantitative estimate of drug-likeness (QED) is 0.544. The van der Waals surface area contributed by atoms with Gasteiger partial charge in [0.2, 0.25) is 0 Å². The molecule has 0 saturated heterocycles. The van der Waals surface area contributed by atoms with Crippen LogP contribution in [0.15, 0.2) is 0 Å². The molecule has 2 amide bonds. The van der Waals surface area contributed by atoms with Gasteiger partial charge < -0.3 is 20.6 Å². The molecule has 0 aromatic rings. The lowest BCUT2D eigenvalue weighted by atomic mass is 10.3. The van der Waals surface area contributed by atoms with Crippen LogP contribution in [0, 0.1) is 0 Å². The average molecular weight is 245 g/mol. The van der Waals surface area contributed by atoms with E-state index in [-0.39, 0.29) is 0 Å². The van der Waals surface area contributed by atoms with E-state index in [1.807, 2.05) is 0 Å². The molecule has 0 fully saturated rings. The third kappa shape index (κ3) is 7.57. The monoisotopic (exact) mass is 245 g/mol. The van der Waals surface area contributed by atoms with Crippen LogP contribution in [-0.4, -0.2) is 54.2 Å². The van der Waals surface area contributed by atoms with Gasteiger partial charge in [-0.15, -0.1) is 0 Å². The van der Waals surface area contributed by atoms with Crippen molar-refractivity contribution in [3.05, 3.63) is 0 Å². The smallest absolute Gasteiger partial charge is 0.325 e. The zero-order chi connectivity index (χ0) is 13.3. The van der Waals surface area contributed by atoms with Gasteiger partial charge in [0.05, 0.1) is 0 Å². The van der Waals surface area contributed by atoms with Crippen molar-refractivity contribution < 1.29 is 14.7 Å². The number of rotatable bonds is 8. The summed E-state index contributed by atoms with van der Waals surface area (Å²) >= 11 is 0. The zero-order valence-corrected chi connectivity index (χ0v) is 10.8. The lowest BCUT2D eigenvalue weighted by Crippen LogP contribution is -2.44. The van der Waals surface area contributed by atoms with Crippen LogP contribution < -0.4 is 10.6 Å². The molecule has 0 aliphatic heterocycles. The first-order valence-corrected chi connectivity index (χ1v) is 6.00. The van der Waals surface area contributed by atoms with E-state index < -0.39 is 18.0 Å². The lowest BCUT2D eigenvalue weighted by Gasteiger charge is -2.18. The molecule has 6 heteroatoms. The van der Waals surface area contributed by atoms with Crippen LogP contribution in [0.3, 0.4) is 0 Å². The maximum absolute atomic E-state index is 11.2. The van der Waals surface area contributed by atoms with E-state index in [1.165, 1.54) is 6.92 Å². The van der Waals surface area contributed by atoms with E-state index in [4.69, 9.17) is 5.11 Å². The molecule has 100 valence electrons. The molecule has 0 rings (SSSR count).